The van der Waals surface area contributed by atoms with E-state index in [1.165, 1.54) is 5.57 Å². The number of fused-ring (bicyclic) bond motifs is 2. The molecule has 0 aromatic heterocycles. The van der Waals surface area contributed by atoms with E-state index >= 15 is 0 Å². The van der Waals surface area contributed by atoms with Crippen molar-refractivity contribution in [1.29, 1.82) is 0 Å². The van der Waals surface area contributed by atoms with Crippen molar-refractivity contribution in [3.8, 4) is 0 Å². The van der Waals surface area contributed by atoms with E-state index in [-0.39, 0.29) is 11.4 Å². The van der Waals surface area contributed by atoms with Crippen molar-refractivity contribution in [2.24, 2.45) is 11.3 Å². The second kappa shape index (κ2) is 3.19. The molecule has 0 saturated heterocycles. The van der Waals surface area contributed by atoms with Gasteiger partial charge in [0, 0.05) is 18.4 Å². The quantitative estimate of drug-likeness (QED) is 0.586. The van der Waals surface area contributed by atoms with E-state index in [2.05, 4.69) is 6.92 Å². The maximum atomic E-state index is 11.6. The van der Waals surface area contributed by atoms with Crippen molar-refractivity contribution in [1.82, 2.24) is 0 Å². The minimum atomic E-state index is -0.117. The van der Waals surface area contributed by atoms with E-state index in [0.29, 0.717) is 31.1 Å². The largest absolute Gasteiger partial charge is 0.458 e. The monoisotopic (exact) mass is 220 g/mol. The molecular weight excluding hydrogens is 204 g/mol. The summed E-state index contributed by atoms with van der Waals surface area (Å²) >= 11 is 0. The normalized spacial score (nSPS) is 38.2. The number of rotatable bonds is 0. The van der Waals surface area contributed by atoms with Crippen molar-refractivity contribution in [3.05, 3.63) is 11.1 Å². The molecule has 86 valence electrons. The summed E-state index contributed by atoms with van der Waals surface area (Å²) in [6.07, 6.45) is 4.02. The highest BCUT2D eigenvalue weighted by Gasteiger charge is 2.47. The Labute approximate surface area is 94.8 Å². The predicted molar refractivity (Wildman–Crippen MR) is 57.7 cm³/mol. The Morgan fingerprint density at radius 3 is 2.94 bits per heavy atom. The lowest BCUT2D eigenvalue weighted by molar-refractivity contribution is -0.136. The van der Waals surface area contributed by atoms with E-state index in [9.17, 15) is 9.59 Å². The molecule has 16 heavy (non-hydrogen) atoms. The Hall–Kier alpha value is -1.12. The van der Waals surface area contributed by atoms with Crippen LogP contribution < -0.4 is 0 Å². The molecule has 3 aliphatic rings. The fourth-order valence-electron chi connectivity index (χ4n) is 3.61. The Bertz CT molecular complexity index is 407. The number of carbonyl (C=O) groups is 2. The lowest BCUT2D eigenvalue weighted by atomic mass is 9.59. The van der Waals surface area contributed by atoms with Gasteiger partial charge >= 0.3 is 5.97 Å². The average Bonchev–Trinajstić information content (AvgIpc) is 2.58. The van der Waals surface area contributed by atoms with Gasteiger partial charge in [-0.15, -0.1) is 0 Å². The van der Waals surface area contributed by atoms with Gasteiger partial charge in [-0.05, 0) is 36.2 Å². The molecule has 0 radical (unpaired) electrons. The molecule has 1 fully saturated rings. The minimum absolute atomic E-state index is 0.0855. The zero-order valence-corrected chi connectivity index (χ0v) is 9.54. The fourth-order valence-corrected chi connectivity index (χ4v) is 3.61. The maximum Gasteiger partial charge on any atom is 0.334 e. The van der Waals surface area contributed by atoms with Gasteiger partial charge in [-0.2, -0.15) is 0 Å². The van der Waals surface area contributed by atoms with Crippen LogP contribution in [0, 0.1) is 11.3 Å². The molecule has 3 rings (SSSR count). The summed E-state index contributed by atoms with van der Waals surface area (Å²) in [6, 6.07) is 0. The minimum Gasteiger partial charge on any atom is -0.458 e. The number of Topliss-reactive ketones (excluding diaryl/α,β-unsaturated/α-hetero) is 1. The van der Waals surface area contributed by atoms with Crippen LogP contribution in [-0.2, 0) is 14.3 Å². The fraction of sp³-hybridized carbons (Fsp3) is 0.692. The standard InChI is InChI=1S/C13H16O3/c1-13-5-4-9-10(7-16-12(9)15)11(13)3-2-8(14)6-13/h11H,2-7H2,1H3/t11-,13+/m1/s1. The van der Waals surface area contributed by atoms with Crippen LogP contribution in [0.5, 0.6) is 0 Å². The van der Waals surface area contributed by atoms with Crippen LogP contribution in [0.15, 0.2) is 11.1 Å². The van der Waals surface area contributed by atoms with Crippen molar-refractivity contribution in [2.75, 3.05) is 6.61 Å². The summed E-state index contributed by atoms with van der Waals surface area (Å²) < 4.78 is 5.12. The van der Waals surface area contributed by atoms with E-state index in [4.69, 9.17) is 4.74 Å². The van der Waals surface area contributed by atoms with Crippen LogP contribution in [-0.4, -0.2) is 18.4 Å². The third kappa shape index (κ3) is 1.27. The number of cyclic esters (lactones) is 1. The smallest absolute Gasteiger partial charge is 0.334 e. The van der Waals surface area contributed by atoms with Gasteiger partial charge in [-0.1, -0.05) is 6.92 Å². The summed E-state index contributed by atoms with van der Waals surface area (Å²) in [4.78, 5) is 23.1. The van der Waals surface area contributed by atoms with E-state index in [1.807, 2.05) is 0 Å². The summed E-state index contributed by atoms with van der Waals surface area (Å²) in [5, 5.41) is 0. The van der Waals surface area contributed by atoms with Gasteiger partial charge in [-0.3, -0.25) is 4.79 Å². The van der Waals surface area contributed by atoms with Crippen LogP contribution in [0.3, 0.4) is 0 Å². The van der Waals surface area contributed by atoms with Crippen molar-refractivity contribution >= 4 is 11.8 Å². The van der Waals surface area contributed by atoms with Gasteiger partial charge in [0.25, 0.3) is 0 Å². The van der Waals surface area contributed by atoms with Crippen LogP contribution in [0.2, 0.25) is 0 Å². The molecule has 0 aromatic rings. The average molecular weight is 220 g/mol. The number of ether oxygens (including phenoxy) is 1. The first kappa shape index (κ1) is 10.1. The lowest BCUT2D eigenvalue weighted by Gasteiger charge is -2.44. The highest BCUT2D eigenvalue weighted by molar-refractivity contribution is 5.92. The van der Waals surface area contributed by atoms with Gasteiger partial charge < -0.3 is 4.74 Å². The second-order valence-electron chi connectivity index (χ2n) is 5.54. The van der Waals surface area contributed by atoms with Gasteiger partial charge in [-0.25, -0.2) is 4.79 Å². The molecule has 0 unspecified atom stereocenters. The highest BCUT2D eigenvalue weighted by Crippen LogP contribution is 2.52. The van der Waals surface area contributed by atoms with Crippen molar-refractivity contribution in [3.63, 3.8) is 0 Å². The molecule has 1 heterocycles. The molecule has 0 amide bonds. The van der Waals surface area contributed by atoms with E-state index in [0.717, 1.165) is 24.8 Å². The van der Waals surface area contributed by atoms with Gasteiger partial charge in [0.05, 0.1) is 0 Å². The highest BCUT2D eigenvalue weighted by atomic mass is 16.5. The molecule has 3 nitrogen and oxygen atoms in total. The first-order valence-electron chi connectivity index (χ1n) is 6.01. The van der Waals surface area contributed by atoms with Crippen molar-refractivity contribution in [2.45, 2.75) is 39.0 Å². The molecule has 0 bridgehead atoms. The summed E-state index contributed by atoms with van der Waals surface area (Å²) in [7, 11) is 0. The molecule has 0 spiro atoms. The second-order valence-corrected chi connectivity index (χ2v) is 5.54. The summed E-state index contributed by atoms with van der Waals surface area (Å²) in [6.45, 7) is 2.67. The molecule has 1 saturated carbocycles. The Morgan fingerprint density at radius 2 is 2.12 bits per heavy atom. The first-order chi connectivity index (χ1) is 7.60. The van der Waals surface area contributed by atoms with Crippen LogP contribution >= 0.6 is 0 Å². The van der Waals surface area contributed by atoms with E-state index < -0.39 is 0 Å². The zero-order chi connectivity index (χ0) is 11.3. The molecule has 0 N–H and O–H groups in total. The van der Waals surface area contributed by atoms with Crippen LogP contribution in [0.1, 0.15) is 39.0 Å². The summed E-state index contributed by atoms with van der Waals surface area (Å²) in [5.41, 5.74) is 2.20. The Morgan fingerprint density at radius 1 is 1.31 bits per heavy atom. The molecule has 2 aliphatic carbocycles. The van der Waals surface area contributed by atoms with Gasteiger partial charge in [0.2, 0.25) is 0 Å². The molecule has 1 aliphatic heterocycles. The number of carbonyl (C=O) groups excluding carboxylic acids is 2. The first-order valence-corrected chi connectivity index (χ1v) is 6.01. The SMILES string of the molecule is C[C@@]12CCC3=C(COC3=O)[C@H]1CCC(=O)C2. The van der Waals surface area contributed by atoms with Gasteiger partial charge in [0.15, 0.2) is 0 Å². The third-order valence-electron chi connectivity index (χ3n) is 4.51. The summed E-state index contributed by atoms with van der Waals surface area (Å²) in [5.74, 6) is 0.669. The maximum absolute atomic E-state index is 11.6. The van der Waals surface area contributed by atoms with E-state index in [1.54, 1.807) is 0 Å². The Kier molecular flexibility index (Phi) is 2.00. The number of hydrogen-bond acceptors (Lipinski definition) is 3. The molecule has 3 heteroatoms. The lowest BCUT2D eigenvalue weighted by Crippen LogP contribution is -2.39. The number of esters is 1. The molecular formula is C13H16O3. The van der Waals surface area contributed by atoms with Crippen LogP contribution in [0.25, 0.3) is 0 Å². The topological polar surface area (TPSA) is 43.4 Å². The number of hydrogen-bond donors (Lipinski definition) is 0. The van der Waals surface area contributed by atoms with Crippen LogP contribution in [0.4, 0.5) is 0 Å². The number of ketones is 1. The predicted octanol–water partition coefficient (Wildman–Crippen LogP) is 2.01. The zero-order valence-electron chi connectivity index (χ0n) is 9.54. The molecule has 0 aromatic carbocycles. The van der Waals surface area contributed by atoms with Gasteiger partial charge in [0.1, 0.15) is 12.4 Å². The third-order valence-corrected chi connectivity index (χ3v) is 4.51. The Balaban J connectivity index is 1.99. The van der Waals surface area contributed by atoms with Crippen molar-refractivity contribution < 1.29 is 14.3 Å². The molecule has 2 atom stereocenters.